The summed E-state index contributed by atoms with van der Waals surface area (Å²) in [6, 6.07) is 0. The predicted octanol–water partition coefficient (Wildman–Crippen LogP) is 3.09. The van der Waals surface area contributed by atoms with Crippen molar-refractivity contribution in [3.8, 4) is 0 Å². The summed E-state index contributed by atoms with van der Waals surface area (Å²) in [5.41, 5.74) is 0.426. The Morgan fingerprint density at radius 3 is 2.56 bits per heavy atom. The fourth-order valence-electron chi connectivity index (χ4n) is 1.20. The normalized spacial score (nSPS) is 12.2. The molecule has 1 atom stereocenters. The highest BCUT2D eigenvalue weighted by Gasteiger charge is 2.09. The van der Waals surface area contributed by atoms with Gasteiger partial charge in [-0.05, 0) is 20.3 Å². The number of rotatable bonds is 9. The van der Waals surface area contributed by atoms with Gasteiger partial charge in [-0.3, -0.25) is 0 Å². The van der Waals surface area contributed by atoms with Crippen LogP contribution in [-0.2, 0) is 14.3 Å². The molecule has 0 heterocycles. The topological polar surface area (TPSA) is 35.5 Å². The summed E-state index contributed by atoms with van der Waals surface area (Å²) >= 11 is 0. The molecular weight excluding hydrogens is 204 g/mol. The first kappa shape index (κ1) is 15.2. The van der Waals surface area contributed by atoms with Gasteiger partial charge >= 0.3 is 5.97 Å². The van der Waals surface area contributed by atoms with Gasteiger partial charge in [0.1, 0.15) is 6.10 Å². The van der Waals surface area contributed by atoms with E-state index in [1.165, 1.54) is 19.3 Å². The first-order valence-electron chi connectivity index (χ1n) is 6.02. The first-order chi connectivity index (χ1) is 7.57. The van der Waals surface area contributed by atoms with Crippen molar-refractivity contribution < 1.29 is 14.3 Å². The average Bonchev–Trinajstić information content (AvgIpc) is 2.23. The third kappa shape index (κ3) is 8.48. The fourth-order valence-corrected chi connectivity index (χ4v) is 1.20. The molecule has 0 aliphatic carbocycles. The van der Waals surface area contributed by atoms with Crippen LogP contribution >= 0.6 is 0 Å². The predicted molar refractivity (Wildman–Crippen MR) is 65.3 cm³/mol. The molecule has 0 bridgehead atoms. The Bertz CT molecular complexity index is 211. The lowest BCUT2D eigenvalue weighted by atomic mass is 10.2. The lowest BCUT2D eigenvalue weighted by Crippen LogP contribution is -2.20. The van der Waals surface area contributed by atoms with Crippen LogP contribution in [0.3, 0.4) is 0 Å². The Hall–Kier alpha value is -0.830. The van der Waals surface area contributed by atoms with Crippen molar-refractivity contribution in [1.29, 1.82) is 0 Å². The third-order valence-corrected chi connectivity index (χ3v) is 2.15. The van der Waals surface area contributed by atoms with Crippen molar-refractivity contribution in [2.45, 2.75) is 52.6 Å². The highest BCUT2D eigenvalue weighted by Crippen LogP contribution is 2.01. The summed E-state index contributed by atoms with van der Waals surface area (Å²) < 4.78 is 10.5. The molecule has 0 radical (unpaired) electrons. The maximum Gasteiger partial charge on any atom is 0.333 e. The van der Waals surface area contributed by atoms with E-state index in [9.17, 15) is 4.79 Å². The summed E-state index contributed by atoms with van der Waals surface area (Å²) in [4.78, 5) is 11.1. The summed E-state index contributed by atoms with van der Waals surface area (Å²) in [6.07, 6.45) is 4.57. The van der Waals surface area contributed by atoms with Crippen molar-refractivity contribution >= 4 is 5.97 Å². The van der Waals surface area contributed by atoms with Crippen LogP contribution in [0.15, 0.2) is 12.2 Å². The number of esters is 1. The Morgan fingerprint density at radius 1 is 1.31 bits per heavy atom. The SMILES string of the molecule is C=C(C)C(=O)OC(C)COCCCCCC. The van der Waals surface area contributed by atoms with Gasteiger partial charge in [-0.15, -0.1) is 0 Å². The van der Waals surface area contributed by atoms with Gasteiger partial charge in [0, 0.05) is 12.2 Å². The Morgan fingerprint density at radius 2 is 2.00 bits per heavy atom. The van der Waals surface area contributed by atoms with E-state index >= 15 is 0 Å². The van der Waals surface area contributed by atoms with Crippen LogP contribution in [0.5, 0.6) is 0 Å². The first-order valence-corrected chi connectivity index (χ1v) is 6.02. The summed E-state index contributed by atoms with van der Waals surface area (Å²) in [6.45, 7) is 10.4. The molecule has 0 aromatic heterocycles. The molecule has 3 nitrogen and oxygen atoms in total. The van der Waals surface area contributed by atoms with E-state index in [4.69, 9.17) is 9.47 Å². The quantitative estimate of drug-likeness (QED) is 0.345. The van der Waals surface area contributed by atoms with Crippen LogP contribution in [0.2, 0.25) is 0 Å². The molecule has 0 spiro atoms. The molecule has 0 aromatic carbocycles. The lowest BCUT2D eigenvalue weighted by molar-refractivity contribution is -0.146. The number of unbranched alkanes of at least 4 members (excludes halogenated alkanes) is 3. The molecule has 0 N–H and O–H groups in total. The minimum atomic E-state index is -0.345. The minimum Gasteiger partial charge on any atom is -0.457 e. The van der Waals surface area contributed by atoms with Gasteiger partial charge in [0.2, 0.25) is 0 Å². The fraction of sp³-hybridized carbons (Fsp3) is 0.769. The number of carbonyl (C=O) groups is 1. The van der Waals surface area contributed by atoms with E-state index in [1.54, 1.807) is 6.92 Å². The Balaban J connectivity index is 3.40. The molecule has 0 aliphatic rings. The highest BCUT2D eigenvalue weighted by atomic mass is 16.6. The number of carbonyl (C=O) groups excluding carboxylic acids is 1. The van der Waals surface area contributed by atoms with Crippen molar-refractivity contribution in [1.82, 2.24) is 0 Å². The van der Waals surface area contributed by atoms with Crippen LogP contribution < -0.4 is 0 Å². The zero-order valence-electron chi connectivity index (χ0n) is 10.8. The van der Waals surface area contributed by atoms with Crippen molar-refractivity contribution in [2.75, 3.05) is 13.2 Å². The van der Waals surface area contributed by atoms with E-state index < -0.39 is 0 Å². The molecule has 0 fully saturated rings. The van der Waals surface area contributed by atoms with Crippen LogP contribution in [0.4, 0.5) is 0 Å². The molecule has 0 saturated heterocycles. The largest absolute Gasteiger partial charge is 0.457 e. The molecule has 0 rings (SSSR count). The van der Waals surface area contributed by atoms with Crippen LogP contribution in [0.1, 0.15) is 46.5 Å². The highest BCUT2D eigenvalue weighted by molar-refractivity contribution is 5.87. The molecule has 0 amide bonds. The van der Waals surface area contributed by atoms with E-state index in [0.717, 1.165) is 13.0 Å². The summed E-state index contributed by atoms with van der Waals surface area (Å²) in [5, 5.41) is 0. The number of hydrogen-bond donors (Lipinski definition) is 0. The molecule has 3 heteroatoms. The molecule has 0 saturated carbocycles. The van der Waals surface area contributed by atoms with Gasteiger partial charge in [-0.25, -0.2) is 4.79 Å². The van der Waals surface area contributed by atoms with Crippen LogP contribution in [0, 0.1) is 0 Å². The third-order valence-electron chi connectivity index (χ3n) is 2.15. The van der Waals surface area contributed by atoms with Crippen molar-refractivity contribution in [3.05, 3.63) is 12.2 Å². The second-order valence-electron chi connectivity index (χ2n) is 4.13. The number of hydrogen-bond acceptors (Lipinski definition) is 3. The molecule has 0 aliphatic heterocycles. The van der Waals surface area contributed by atoms with Gasteiger partial charge in [-0.2, -0.15) is 0 Å². The van der Waals surface area contributed by atoms with Gasteiger partial charge in [0.25, 0.3) is 0 Å². The second kappa shape index (κ2) is 9.40. The lowest BCUT2D eigenvalue weighted by Gasteiger charge is -2.13. The zero-order valence-corrected chi connectivity index (χ0v) is 10.8. The molecule has 94 valence electrons. The molecule has 16 heavy (non-hydrogen) atoms. The maximum absolute atomic E-state index is 11.1. The number of ether oxygens (including phenoxy) is 2. The van der Waals surface area contributed by atoms with E-state index in [1.807, 2.05) is 6.92 Å². The smallest absolute Gasteiger partial charge is 0.333 e. The van der Waals surface area contributed by atoms with Crippen molar-refractivity contribution in [3.63, 3.8) is 0 Å². The second-order valence-corrected chi connectivity index (χ2v) is 4.13. The molecule has 1 unspecified atom stereocenters. The van der Waals surface area contributed by atoms with Gasteiger partial charge in [0.15, 0.2) is 0 Å². The zero-order chi connectivity index (χ0) is 12.4. The minimum absolute atomic E-state index is 0.199. The van der Waals surface area contributed by atoms with E-state index in [0.29, 0.717) is 12.2 Å². The van der Waals surface area contributed by atoms with Gasteiger partial charge < -0.3 is 9.47 Å². The standard InChI is InChI=1S/C13H24O3/c1-5-6-7-8-9-15-10-12(4)16-13(14)11(2)3/h12H,2,5-10H2,1,3-4H3. The van der Waals surface area contributed by atoms with E-state index in [-0.39, 0.29) is 12.1 Å². The Kier molecular flexibility index (Phi) is 8.91. The average molecular weight is 228 g/mol. The monoisotopic (exact) mass is 228 g/mol. The molecular formula is C13H24O3. The van der Waals surface area contributed by atoms with Gasteiger partial charge in [0.05, 0.1) is 6.61 Å². The maximum atomic E-state index is 11.1. The summed E-state index contributed by atoms with van der Waals surface area (Å²) in [7, 11) is 0. The summed E-state index contributed by atoms with van der Waals surface area (Å²) in [5.74, 6) is -0.345. The van der Waals surface area contributed by atoms with Gasteiger partial charge in [-0.1, -0.05) is 32.8 Å². The van der Waals surface area contributed by atoms with Crippen molar-refractivity contribution in [2.24, 2.45) is 0 Å². The van der Waals surface area contributed by atoms with E-state index in [2.05, 4.69) is 13.5 Å². The van der Waals surface area contributed by atoms with Crippen LogP contribution in [0.25, 0.3) is 0 Å². The van der Waals surface area contributed by atoms with Crippen LogP contribution in [-0.4, -0.2) is 25.3 Å². The Labute approximate surface area is 98.8 Å². The molecule has 0 aromatic rings.